The summed E-state index contributed by atoms with van der Waals surface area (Å²) in [6.45, 7) is 11.2. The standard InChI is InChI=1S/C10H18N2O2/c1-7(13)12-10(5,6)14-8(11-12)9(2,3)4/h1-6H3. The third-order valence-corrected chi connectivity index (χ3v) is 1.99. The van der Waals surface area contributed by atoms with Gasteiger partial charge in [0.1, 0.15) is 0 Å². The molecule has 4 heteroatoms. The Morgan fingerprint density at radius 3 is 2.14 bits per heavy atom. The Labute approximate surface area is 84.9 Å². The number of ether oxygens (including phenoxy) is 1. The normalized spacial score (nSPS) is 20.4. The molecule has 0 aromatic rings. The molecule has 1 rings (SSSR count). The Balaban J connectivity index is 2.98. The fourth-order valence-electron chi connectivity index (χ4n) is 1.26. The van der Waals surface area contributed by atoms with E-state index in [4.69, 9.17) is 4.74 Å². The largest absolute Gasteiger partial charge is 0.451 e. The number of hydrogen-bond acceptors (Lipinski definition) is 3. The highest BCUT2D eigenvalue weighted by Crippen LogP contribution is 2.31. The first-order valence-electron chi connectivity index (χ1n) is 4.73. The summed E-state index contributed by atoms with van der Waals surface area (Å²) in [5.74, 6) is 0.506. The summed E-state index contributed by atoms with van der Waals surface area (Å²) in [6, 6.07) is 0. The van der Waals surface area contributed by atoms with Crippen LogP contribution in [-0.2, 0) is 9.53 Å². The van der Waals surface area contributed by atoms with Crippen LogP contribution in [0.25, 0.3) is 0 Å². The van der Waals surface area contributed by atoms with Gasteiger partial charge in [0.15, 0.2) is 0 Å². The van der Waals surface area contributed by atoms with Crippen molar-refractivity contribution < 1.29 is 9.53 Å². The SMILES string of the molecule is CC(=O)N1N=C(C(C)(C)C)OC1(C)C. The third kappa shape index (κ3) is 1.89. The van der Waals surface area contributed by atoms with E-state index in [0.29, 0.717) is 5.90 Å². The topological polar surface area (TPSA) is 41.9 Å². The molecule has 0 saturated carbocycles. The molecule has 0 aliphatic carbocycles. The molecule has 0 fully saturated rings. The summed E-state index contributed by atoms with van der Waals surface area (Å²) in [5, 5.41) is 5.57. The predicted octanol–water partition coefficient (Wildman–Crippen LogP) is 1.96. The van der Waals surface area contributed by atoms with Gasteiger partial charge < -0.3 is 4.74 Å². The molecule has 0 saturated heterocycles. The smallest absolute Gasteiger partial charge is 0.243 e. The molecule has 14 heavy (non-hydrogen) atoms. The lowest BCUT2D eigenvalue weighted by Gasteiger charge is -2.27. The van der Waals surface area contributed by atoms with E-state index < -0.39 is 5.72 Å². The minimum absolute atomic E-state index is 0.103. The van der Waals surface area contributed by atoms with Crippen molar-refractivity contribution in [1.82, 2.24) is 5.01 Å². The van der Waals surface area contributed by atoms with E-state index in [2.05, 4.69) is 5.10 Å². The van der Waals surface area contributed by atoms with Crippen molar-refractivity contribution in [3.8, 4) is 0 Å². The Morgan fingerprint density at radius 2 is 1.93 bits per heavy atom. The minimum atomic E-state index is -0.658. The zero-order valence-corrected chi connectivity index (χ0v) is 9.71. The van der Waals surface area contributed by atoms with Gasteiger partial charge in [-0.3, -0.25) is 4.79 Å². The van der Waals surface area contributed by atoms with Crippen molar-refractivity contribution in [3.63, 3.8) is 0 Å². The molecule has 1 amide bonds. The average molecular weight is 198 g/mol. The van der Waals surface area contributed by atoms with Gasteiger partial charge in [0.25, 0.3) is 0 Å². The second-order valence-electron chi connectivity index (χ2n) is 5.03. The highest BCUT2D eigenvalue weighted by molar-refractivity contribution is 5.86. The number of hydrazone groups is 1. The summed E-state index contributed by atoms with van der Waals surface area (Å²) in [6.07, 6.45) is 0. The van der Waals surface area contributed by atoms with Gasteiger partial charge in [-0.25, -0.2) is 0 Å². The summed E-state index contributed by atoms with van der Waals surface area (Å²) in [4.78, 5) is 11.3. The van der Waals surface area contributed by atoms with E-state index in [9.17, 15) is 4.79 Å². The molecule has 0 N–H and O–H groups in total. The average Bonchev–Trinajstić information content (AvgIpc) is 2.23. The Kier molecular flexibility index (Phi) is 2.34. The van der Waals surface area contributed by atoms with Crippen LogP contribution in [0.3, 0.4) is 0 Å². The molecule has 80 valence electrons. The van der Waals surface area contributed by atoms with Crippen molar-refractivity contribution >= 4 is 11.8 Å². The van der Waals surface area contributed by atoms with E-state index in [0.717, 1.165) is 0 Å². The maximum Gasteiger partial charge on any atom is 0.243 e. The van der Waals surface area contributed by atoms with E-state index in [1.165, 1.54) is 11.9 Å². The quantitative estimate of drug-likeness (QED) is 0.597. The molecule has 0 aromatic carbocycles. The fourth-order valence-corrected chi connectivity index (χ4v) is 1.26. The lowest BCUT2D eigenvalue weighted by atomic mass is 9.97. The highest BCUT2D eigenvalue weighted by Gasteiger charge is 2.41. The third-order valence-electron chi connectivity index (χ3n) is 1.99. The molecular formula is C10H18N2O2. The number of carbonyl (C=O) groups excluding carboxylic acids is 1. The van der Waals surface area contributed by atoms with Crippen molar-refractivity contribution in [3.05, 3.63) is 0 Å². The number of rotatable bonds is 0. The first-order valence-corrected chi connectivity index (χ1v) is 4.73. The van der Waals surface area contributed by atoms with Gasteiger partial charge in [0.2, 0.25) is 17.5 Å². The van der Waals surface area contributed by atoms with Gasteiger partial charge in [-0.1, -0.05) is 20.8 Å². The van der Waals surface area contributed by atoms with Crippen LogP contribution in [0.4, 0.5) is 0 Å². The van der Waals surface area contributed by atoms with Gasteiger partial charge >= 0.3 is 0 Å². The first-order chi connectivity index (χ1) is 6.14. The van der Waals surface area contributed by atoms with Crippen LogP contribution in [0, 0.1) is 5.41 Å². The second-order valence-corrected chi connectivity index (χ2v) is 5.03. The van der Waals surface area contributed by atoms with Gasteiger partial charge in [-0.05, 0) is 13.8 Å². The van der Waals surface area contributed by atoms with Crippen LogP contribution in [0.15, 0.2) is 5.10 Å². The van der Waals surface area contributed by atoms with E-state index >= 15 is 0 Å². The molecule has 0 bridgehead atoms. The summed E-state index contributed by atoms with van der Waals surface area (Å²) in [7, 11) is 0. The highest BCUT2D eigenvalue weighted by atomic mass is 16.6. The van der Waals surface area contributed by atoms with Crippen LogP contribution in [0.2, 0.25) is 0 Å². The summed E-state index contributed by atoms with van der Waals surface area (Å²) in [5.41, 5.74) is -0.823. The van der Waals surface area contributed by atoms with Crippen LogP contribution >= 0.6 is 0 Å². The maximum absolute atomic E-state index is 11.3. The monoisotopic (exact) mass is 198 g/mol. The van der Waals surface area contributed by atoms with Gasteiger partial charge in [-0.2, -0.15) is 5.01 Å². The number of carbonyl (C=O) groups is 1. The van der Waals surface area contributed by atoms with Crippen LogP contribution in [-0.4, -0.2) is 22.5 Å². The molecule has 1 heterocycles. The lowest BCUT2D eigenvalue weighted by molar-refractivity contribution is -0.142. The van der Waals surface area contributed by atoms with Gasteiger partial charge in [-0.15, -0.1) is 5.10 Å². The number of amides is 1. The first kappa shape index (κ1) is 11.0. The Hall–Kier alpha value is -1.06. The molecule has 0 spiro atoms. The molecule has 1 aliphatic rings. The summed E-state index contributed by atoms with van der Waals surface area (Å²) < 4.78 is 5.64. The molecule has 0 aromatic heterocycles. The van der Waals surface area contributed by atoms with Crippen LogP contribution < -0.4 is 0 Å². The second kappa shape index (κ2) is 2.97. The van der Waals surface area contributed by atoms with Gasteiger partial charge in [0, 0.05) is 12.3 Å². The molecule has 4 nitrogen and oxygen atoms in total. The van der Waals surface area contributed by atoms with E-state index in [1.54, 1.807) is 0 Å². The lowest BCUT2D eigenvalue weighted by Crippen LogP contribution is -2.41. The van der Waals surface area contributed by atoms with E-state index in [-0.39, 0.29) is 11.3 Å². The number of hydrogen-bond donors (Lipinski definition) is 0. The molecule has 0 radical (unpaired) electrons. The summed E-state index contributed by atoms with van der Waals surface area (Å²) >= 11 is 0. The van der Waals surface area contributed by atoms with Crippen molar-refractivity contribution in [2.45, 2.75) is 47.3 Å². The van der Waals surface area contributed by atoms with Crippen molar-refractivity contribution in [2.24, 2.45) is 10.5 Å². The zero-order chi connectivity index (χ0) is 11.1. The van der Waals surface area contributed by atoms with Crippen molar-refractivity contribution in [1.29, 1.82) is 0 Å². The van der Waals surface area contributed by atoms with Crippen LogP contribution in [0.5, 0.6) is 0 Å². The Morgan fingerprint density at radius 1 is 1.43 bits per heavy atom. The molecule has 0 unspecified atom stereocenters. The Bertz CT molecular complexity index is 287. The van der Waals surface area contributed by atoms with Gasteiger partial charge in [0.05, 0.1) is 0 Å². The molecule has 0 atom stereocenters. The predicted molar refractivity (Wildman–Crippen MR) is 54.6 cm³/mol. The molecular weight excluding hydrogens is 180 g/mol. The van der Waals surface area contributed by atoms with Crippen molar-refractivity contribution in [2.75, 3.05) is 0 Å². The number of nitrogens with zero attached hydrogens (tertiary/aromatic N) is 2. The van der Waals surface area contributed by atoms with Crippen LogP contribution in [0.1, 0.15) is 41.5 Å². The molecule has 1 aliphatic heterocycles. The minimum Gasteiger partial charge on any atom is -0.451 e. The van der Waals surface area contributed by atoms with E-state index in [1.807, 2.05) is 34.6 Å². The maximum atomic E-state index is 11.3. The zero-order valence-electron chi connectivity index (χ0n) is 9.71. The fraction of sp³-hybridized carbons (Fsp3) is 0.800.